The van der Waals surface area contributed by atoms with Crippen LogP contribution in [0.1, 0.15) is 52.9 Å². The van der Waals surface area contributed by atoms with Gasteiger partial charge in [-0.05, 0) is 58.6 Å². The molecule has 0 radical (unpaired) electrons. The molecule has 0 unspecified atom stereocenters. The number of carbonyl (C=O) groups excluding carboxylic acids is 2. The van der Waals surface area contributed by atoms with Crippen molar-refractivity contribution in [2.24, 2.45) is 5.92 Å². The standard InChI is InChI=1S/C22H31N3O5S/c1-21(2,3)30-20(27)24-22-15-16(22)11-7-5-4-6-10-14-23-17-12-8-9-13-18(17)31(28,29)25-19(22)26/h7-9,11-13,16,23H,4-6,10,14-15H2,1-3H3,(H,24,27)(H,25,26)/t16-,22-/m1/s1. The second kappa shape index (κ2) is 8.90. The molecular weight excluding hydrogens is 418 g/mol. The molecule has 0 aromatic heterocycles. The van der Waals surface area contributed by atoms with E-state index >= 15 is 0 Å². The lowest BCUT2D eigenvalue weighted by Crippen LogP contribution is -2.52. The summed E-state index contributed by atoms with van der Waals surface area (Å²) in [5.74, 6) is -1.06. The minimum Gasteiger partial charge on any atom is -0.444 e. The van der Waals surface area contributed by atoms with Crippen LogP contribution in [0.5, 0.6) is 0 Å². The van der Waals surface area contributed by atoms with Crippen molar-refractivity contribution in [2.75, 3.05) is 11.9 Å². The van der Waals surface area contributed by atoms with Crippen LogP contribution in [0.25, 0.3) is 0 Å². The van der Waals surface area contributed by atoms with Gasteiger partial charge in [0.25, 0.3) is 15.9 Å². The van der Waals surface area contributed by atoms with Gasteiger partial charge in [-0.1, -0.05) is 30.7 Å². The van der Waals surface area contributed by atoms with Crippen molar-refractivity contribution in [3.8, 4) is 0 Å². The Morgan fingerprint density at radius 1 is 1.19 bits per heavy atom. The molecule has 8 nitrogen and oxygen atoms in total. The number of carbonyl (C=O) groups is 2. The first-order valence-electron chi connectivity index (χ1n) is 10.6. The number of ether oxygens (including phenoxy) is 1. The summed E-state index contributed by atoms with van der Waals surface area (Å²) < 4.78 is 33.5. The summed E-state index contributed by atoms with van der Waals surface area (Å²) in [5.41, 5.74) is -1.65. The molecule has 1 aromatic rings. The Balaban J connectivity index is 1.90. The van der Waals surface area contributed by atoms with Gasteiger partial charge in [0, 0.05) is 12.5 Å². The molecule has 1 aromatic carbocycles. The van der Waals surface area contributed by atoms with Gasteiger partial charge < -0.3 is 15.4 Å². The number of para-hydroxylation sites is 1. The number of alkyl carbamates (subject to hydrolysis) is 1. The molecule has 31 heavy (non-hydrogen) atoms. The molecule has 1 heterocycles. The van der Waals surface area contributed by atoms with Crippen molar-refractivity contribution < 1.29 is 22.7 Å². The third-order valence-electron chi connectivity index (χ3n) is 5.28. The minimum atomic E-state index is -4.14. The molecular formula is C22H31N3O5S. The maximum atomic E-state index is 13.1. The summed E-state index contributed by atoms with van der Waals surface area (Å²) in [4.78, 5) is 25.5. The predicted molar refractivity (Wildman–Crippen MR) is 118 cm³/mol. The Bertz CT molecular complexity index is 968. The average Bonchev–Trinajstić information content (AvgIpc) is 3.35. The molecule has 0 saturated heterocycles. The van der Waals surface area contributed by atoms with Crippen molar-refractivity contribution in [2.45, 2.75) is 68.9 Å². The van der Waals surface area contributed by atoms with Crippen molar-refractivity contribution in [1.82, 2.24) is 10.0 Å². The van der Waals surface area contributed by atoms with Crippen LogP contribution in [-0.4, -0.2) is 38.1 Å². The van der Waals surface area contributed by atoms with Gasteiger partial charge in [0.15, 0.2) is 0 Å². The van der Waals surface area contributed by atoms with Gasteiger partial charge in [0.2, 0.25) is 0 Å². The predicted octanol–water partition coefficient (Wildman–Crippen LogP) is 3.32. The zero-order valence-electron chi connectivity index (χ0n) is 18.2. The fourth-order valence-electron chi connectivity index (χ4n) is 3.63. The van der Waals surface area contributed by atoms with Gasteiger partial charge in [0.05, 0.1) is 5.69 Å². The Kier molecular flexibility index (Phi) is 6.64. The average molecular weight is 450 g/mol. The van der Waals surface area contributed by atoms with Crippen LogP contribution in [-0.2, 0) is 19.6 Å². The summed E-state index contributed by atoms with van der Waals surface area (Å²) in [7, 11) is -4.14. The van der Waals surface area contributed by atoms with E-state index in [1.54, 1.807) is 39.0 Å². The molecule has 1 aliphatic heterocycles. The fourth-order valence-corrected chi connectivity index (χ4v) is 4.85. The van der Waals surface area contributed by atoms with Crippen LogP contribution >= 0.6 is 0 Å². The number of benzene rings is 1. The maximum absolute atomic E-state index is 13.1. The highest BCUT2D eigenvalue weighted by molar-refractivity contribution is 7.90. The Labute approximate surface area is 183 Å². The molecule has 9 heteroatoms. The fraction of sp³-hybridized carbons (Fsp3) is 0.545. The van der Waals surface area contributed by atoms with Gasteiger partial charge in [0.1, 0.15) is 16.0 Å². The van der Waals surface area contributed by atoms with Gasteiger partial charge in [-0.25, -0.2) is 17.9 Å². The van der Waals surface area contributed by atoms with Crippen LogP contribution in [0.2, 0.25) is 0 Å². The molecule has 2 atom stereocenters. The van der Waals surface area contributed by atoms with E-state index in [0.717, 1.165) is 25.7 Å². The minimum absolute atomic E-state index is 0.00150. The lowest BCUT2D eigenvalue weighted by atomic mass is 10.1. The second-order valence-electron chi connectivity index (χ2n) is 9.04. The first-order valence-corrected chi connectivity index (χ1v) is 12.1. The van der Waals surface area contributed by atoms with Crippen LogP contribution in [0.15, 0.2) is 41.3 Å². The number of hydrogen-bond acceptors (Lipinski definition) is 6. The van der Waals surface area contributed by atoms with E-state index in [1.165, 1.54) is 6.07 Å². The smallest absolute Gasteiger partial charge is 0.408 e. The molecule has 0 bridgehead atoms. The number of hydrogen-bond donors (Lipinski definition) is 3. The van der Waals surface area contributed by atoms with E-state index in [4.69, 9.17) is 4.74 Å². The maximum Gasteiger partial charge on any atom is 0.408 e. The van der Waals surface area contributed by atoms with Crippen LogP contribution < -0.4 is 15.4 Å². The monoisotopic (exact) mass is 449 g/mol. The van der Waals surface area contributed by atoms with E-state index in [0.29, 0.717) is 18.7 Å². The lowest BCUT2D eigenvalue weighted by Gasteiger charge is -2.24. The number of amides is 2. The summed E-state index contributed by atoms with van der Waals surface area (Å²) in [6, 6.07) is 6.47. The van der Waals surface area contributed by atoms with Crippen molar-refractivity contribution in [3.05, 3.63) is 36.4 Å². The van der Waals surface area contributed by atoms with E-state index < -0.39 is 33.2 Å². The number of anilines is 1. The van der Waals surface area contributed by atoms with Gasteiger partial charge in [-0.3, -0.25) is 4.79 Å². The zero-order valence-corrected chi connectivity index (χ0v) is 19.1. The molecule has 1 aliphatic carbocycles. The van der Waals surface area contributed by atoms with E-state index in [1.807, 2.05) is 12.2 Å². The number of fused-ring (bicyclic) bond motifs is 2. The lowest BCUT2D eigenvalue weighted by molar-refractivity contribution is -0.122. The van der Waals surface area contributed by atoms with Crippen molar-refractivity contribution >= 4 is 27.7 Å². The third-order valence-corrected chi connectivity index (χ3v) is 6.67. The van der Waals surface area contributed by atoms with E-state index in [9.17, 15) is 18.0 Å². The van der Waals surface area contributed by atoms with Gasteiger partial charge in [-0.2, -0.15) is 0 Å². The van der Waals surface area contributed by atoms with Crippen LogP contribution in [0.4, 0.5) is 10.5 Å². The van der Waals surface area contributed by atoms with Gasteiger partial charge in [-0.15, -0.1) is 0 Å². The van der Waals surface area contributed by atoms with Gasteiger partial charge >= 0.3 is 6.09 Å². The second-order valence-corrected chi connectivity index (χ2v) is 10.7. The van der Waals surface area contributed by atoms with E-state index in [2.05, 4.69) is 15.4 Å². The zero-order chi connectivity index (χ0) is 22.7. The first kappa shape index (κ1) is 23.1. The van der Waals surface area contributed by atoms with Crippen molar-refractivity contribution in [1.29, 1.82) is 0 Å². The number of rotatable bonds is 1. The van der Waals surface area contributed by atoms with Crippen LogP contribution in [0.3, 0.4) is 0 Å². The molecule has 2 aliphatic rings. The molecule has 2 amide bonds. The first-order chi connectivity index (χ1) is 14.5. The van der Waals surface area contributed by atoms with E-state index in [-0.39, 0.29) is 10.8 Å². The normalized spacial score (nSPS) is 26.0. The molecule has 3 N–H and O–H groups in total. The molecule has 3 rings (SSSR count). The molecule has 0 spiro atoms. The largest absolute Gasteiger partial charge is 0.444 e. The Morgan fingerprint density at radius 3 is 2.68 bits per heavy atom. The third kappa shape index (κ3) is 5.78. The highest BCUT2D eigenvalue weighted by atomic mass is 32.2. The highest BCUT2D eigenvalue weighted by Gasteiger charge is 2.61. The quantitative estimate of drug-likeness (QED) is 0.567. The summed E-state index contributed by atoms with van der Waals surface area (Å²) in [5, 5.41) is 5.78. The summed E-state index contributed by atoms with van der Waals surface area (Å²) in [6.45, 7) is 5.80. The Morgan fingerprint density at radius 2 is 1.94 bits per heavy atom. The number of allylic oxidation sites excluding steroid dienone is 1. The van der Waals surface area contributed by atoms with Crippen LogP contribution in [0, 0.1) is 5.92 Å². The molecule has 1 saturated carbocycles. The topological polar surface area (TPSA) is 114 Å². The number of sulfonamides is 1. The SMILES string of the molecule is CC(C)(C)OC(=O)N[C@]12C[C@H]1C=CCCCCCNc1ccccc1S(=O)(=O)NC2=O. The summed E-state index contributed by atoms with van der Waals surface area (Å²) in [6.07, 6.45) is 7.18. The molecule has 1 fully saturated rings. The summed E-state index contributed by atoms with van der Waals surface area (Å²) >= 11 is 0. The molecule has 170 valence electrons. The van der Waals surface area contributed by atoms with Crippen molar-refractivity contribution in [3.63, 3.8) is 0 Å². The number of nitrogens with one attached hydrogen (secondary N) is 3. The highest BCUT2D eigenvalue weighted by Crippen LogP contribution is 2.45. The Hall–Kier alpha value is -2.55.